The van der Waals surface area contributed by atoms with Crippen LogP contribution in [0.25, 0.3) is 0 Å². The first-order valence-electron chi connectivity index (χ1n) is 9.53. The summed E-state index contributed by atoms with van der Waals surface area (Å²) in [6.45, 7) is 1.38. The average Bonchev–Trinajstić information content (AvgIpc) is 2.71. The van der Waals surface area contributed by atoms with Crippen molar-refractivity contribution in [3.05, 3.63) is 58.7 Å². The summed E-state index contributed by atoms with van der Waals surface area (Å²) in [5, 5.41) is 3.02. The molecule has 2 heterocycles. The Bertz CT molecular complexity index is 857. The quantitative estimate of drug-likeness (QED) is 0.887. The van der Waals surface area contributed by atoms with Gasteiger partial charge in [-0.15, -0.1) is 0 Å². The lowest BCUT2D eigenvalue weighted by Crippen LogP contribution is -2.39. The van der Waals surface area contributed by atoms with E-state index < -0.39 is 0 Å². The predicted octanol–water partition coefficient (Wildman–Crippen LogP) is 2.89. The molecule has 0 unspecified atom stereocenters. The van der Waals surface area contributed by atoms with E-state index in [1.807, 2.05) is 41.3 Å². The zero-order valence-electron chi connectivity index (χ0n) is 15.6. The predicted molar refractivity (Wildman–Crippen MR) is 104 cm³/mol. The Balaban J connectivity index is 1.44. The van der Waals surface area contributed by atoms with Crippen LogP contribution in [0.15, 0.2) is 36.4 Å². The number of benzene rings is 2. The van der Waals surface area contributed by atoms with Crippen LogP contribution in [-0.4, -0.2) is 32.0 Å². The number of amides is 2. The Labute approximate surface area is 159 Å². The molecule has 2 aromatic carbocycles. The molecule has 0 saturated carbocycles. The Morgan fingerprint density at radius 2 is 1.85 bits per heavy atom. The third-order valence-corrected chi connectivity index (χ3v) is 5.40. The standard InChI is InChI=1S/C22H24N2O3/c1-27-19-7-4-15(5-8-19)10-11-23-22(26)18-13-16-3-2-12-24-20(25)9-6-17(14-18)21(16)24/h4-5,7-8,13-14H,2-3,6,9-12H2,1H3,(H,23,26). The minimum atomic E-state index is -0.0448. The number of ether oxygens (including phenoxy) is 1. The topological polar surface area (TPSA) is 58.6 Å². The maximum atomic E-state index is 12.6. The molecule has 0 bridgehead atoms. The van der Waals surface area contributed by atoms with E-state index in [9.17, 15) is 9.59 Å². The van der Waals surface area contributed by atoms with Crippen molar-refractivity contribution in [2.75, 3.05) is 25.1 Å². The number of aryl methyl sites for hydroxylation is 2. The molecule has 0 radical (unpaired) electrons. The third kappa shape index (κ3) is 3.54. The molecule has 2 aromatic rings. The molecule has 0 aromatic heterocycles. The second-order valence-electron chi connectivity index (χ2n) is 7.15. The number of nitrogens with zero attached hydrogens (tertiary/aromatic N) is 1. The Kier molecular flexibility index (Phi) is 4.84. The molecule has 0 spiro atoms. The van der Waals surface area contributed by atoms with Gasteiger partial charge >= 0.3 is 0 Å². The largest absolute Gasteiger partial charge is 0.497 e. The average molecular weight is 364 g/mol. The van der Waals surface area contributed by atoms with E-state index >= 15 is 0 Å². The number of rotatable bonds is 5. The number of hydrogen-bond acceptors (Lipinski definition) is 3. The maximum absolute atomic E-state index is 12.6. The van der Waals surface area contributed by atoms with Crippen LogP contribution < -0.4 is 15.0 Å². The van der Waals surface area contributed by atoms with Gasteiger partial charge in [0.15, 0.2) is 0 Å². The highest BCUT2D eigenvalue weighted by atomic mass is 16.5. The fraction of sp³-hybridized carbons (Fsp3) is 0.364. The monoisotopic (exact) mass is 364 g/mol. The van der Waals surface area contributed by atoms with Crippen LogP contribution in [0.3, 0.4) is 0 Å². The van der Waals surface area contributed by atoms with Crippen LogP contribution >= 0.6 is 0 Å². The van der Waals surface area contributed by atoms with Crippen molar-refractivity contribution < 1.29 is 14.3 Å². The van der Waals surface area contributed by atoms with Gasteiger partial charge in [-0.3, -0.25) is 9.59 Å². The van der Waals surface area contributed by atoms with Crippen molar-refractivity contribution in [1.82, 2.24) is 5.32 Å². The summed E-state index contributed by atoms with van der Waals surface area (Å²) < 4.78 is 5.16. The van der Waals surface area contributed by atoms with Gasteiger partial charge in [0.05, 0.1) is 12.8 Å². The fourth-order valence-electron chi connectivity index (χ4n) is 4.00. The van der Waals surface area contributed by atoms with Crippen molar-refractivity contribution in [3.63, 3.8) is 0 Å². The molecule has 2 aliphatic rings. The molecule has 2 amide bonds. The zero-order valence-corrected chi connectivity index (χ0v) is 15.6. The van der Waals surface area contributed by atoms with Crippen LogP contribution in [0.1, 0.15) is 39.9 Å². The Morgan fingerprint density at radius 1 is 1.11 bits per heavy atom. The van der Waals surface area contributed by atoms with E-state index in [0.29, 0.717) is 18.5 Å². The van der Waals surface area contributed by atoms with Gasteiger partial charge in [-0.2, -0.15) is 0 Å². The second kappa shape index (κ2) is 7.43. The summed E-state index contributed by atoms with van der Waals surface area (Å²) in [6.07, 6.45) is 3.93. The second-order valence-corrected chi connectivity index (χ2v) is 7.15. The first kappa shape index (κ1) is 17.6. The minimum Gasteiger partial charge on any atom is -0.497 e. The maximum Gasteiger partial charge on any atom is 0.251 e. The minimum absolute atomic E-state index is 0.0448. The number of nitrogens with one attached hydrogen (secondary N) is 1. The molecular formula is C22H24N2O3. The van der Waals surface area contributed by atoms with Crippen LogP contribution in [0.2, 0.25) is 0 Å². The lowest BCUT2D eigenvalue weighted by atomic mass is 9.89. The van der Waals surface area contributed by atoms with E-state index in [4.69, 9.17) is 4.74 Å². The molecule has 27 heavy (non-hydrogen) atoms. The van der Waals surface area contributed by atoms with Gasteiger partial charge in [-0.05, 0) is 66.6 Å². The van der Waals surface area contributed by atoms with E-state index in [-0.39, 0.29) is 11.8 Å². The summed E-state index contributed by atoms with van der Waals surface area (Å²) in [4.78, 5) is 26.7. The van der Waals surface area contributed by atoms with Gasteiger partial charge in [-0.25, -0.2) is 0 Å². The van der Waals surface area contributed by atoms with Crippen molar-refractivity contribution in [2.45, 2.75) is 32.1 Å². The fourth-order valence-corrected chi connectivity index (χ4v) is 4.00. The molecule has 5 heteroatoms. The van der Waals surface area contributed by atoms with Crippen molar-refractivity contribution >= 4 is 17.5 Å². The van der Waals surface area contributed by atoms with E-state index in [1.54, 1.807) is 7.11 Å². The summed E-state index contributed by atoms with van der Waals surface area (Å²) in [7, 11) is 1.65. The van der Waals surface area contributed by atoms with Crippen molar-refractivity contribution in [1.29, 1.82) is 0 Å². The lowest BCUT2D eigenvalue weighted by Gasteiger charge is -2.35. The molecule has 0 aliphatic carbocycles. The molecule has 0 fully saturated rings. The molecular weight excluding hydrogens is 340 g/mol. The highest BCUT2D eigenvalue weighted by Crippen LogP contribution is 2.36. The van der Waals surface area contributed by atoms with Gasteiger partial charge in [0.2, 0.25) is 5.91 Å². The molecule has 2 aliphatic heterocycles. The summed E-state index contributed by atoms with van der Waals surface area (Å²) in [5.41, 5.74) is 5.19. The molecule has 140 valence electrons. The normalized spacial score (nSPS) is 15.3. The van der Waals surface area contributed by atoms with Crippen molar-refractivity contribution in [3.8, 4) is 5.75 Å². The van der Waals surface area contributed by atoms with Crippen molar-refractivity contribution in [2.24, 2.45) is 0 Å². The van der Waals surface area contributed by atoms with Crippen LogP contribution in [0.5, 0.6) is 5.75 Å². The van der Waals surface area contributed by atoms with Gasteiger partial charge in [0.1, 0.15) is 5.75 Å². The first-order chi connectivity index (χ1) is 13.2. The number of anilines is 1. The SMILES string of the molecule is COc1ccc(CCNC(=O)c2cc3c4c(c2)CCC(=O)N4CCC3)cc1. The molecule has 5 nitrogen and oxygen atoms in total. The van der Waals surface area contributed by atoms with E-state index in [0.717, 1.165) is 60.4 Å². The Morgan fingerprint density at radius 3 is 2.59 bits per heavy atom. The zero-order chi connectivity index (χ0) is 18.8. The van der Waals surface area contributed by atoms with Gasteiger partial charge in [0.25, 0.3) is 5.91 Å². The molecule has 0 atom stereocenters. The summed E-state index contributed by atoms with van der Waals surface area (Å²) in [6, 6.07) is 11.8. The Hall–Kier alpha value is -2.82. The number of carbonyl (C=O) groups is 2. The summed E-state index contributed by atoms with van der Waals surface area (Å²) >= 11 is 0. The first-order valence-corrected chi connectivity index (χ1v) is 9.53. The van der Waals surface area contributed by atoms with Gasteiger partial charge < -0.3 is 15.0 Å². The van der Waals surface area contributed by atoms with Crippen LogP contribution in [0.4, 0.5) is 5.69 Å². The molecule has 0 saturated heterocycles. The number of methoxy groups -OCH3 is 1. The summed E-state index contributed by atoms with van der Waals surface area (Å²) in [5.74, 6) is 0.995. The van der Waals surface area contributed by atoms with Gasteiger partial charge in [0, 0.05) is 25.1 Å². The molecule has 4 rings (SSSR count). The highest BCUT2D eigenvalue weighted by molar-refractivity contribution is 6.00. The van der Waals surface area contributed by atoms with E-state index in [1.165, 1.54) is 0 Å². The number of hydrogen-bond donors (Lipinski definition) is 1. The van der Waals surface area contributed by atoms with Crippen LogP contribution in [-0.2, 0) is 24.1 Å². The third-order valence-electron chi connectivity index (χ3n) is 5.40. The highest BCUT2D eigenvalue weighted by Gasteiger charge is 2.30. The molecule has 1 N–H and O–H groups in total. The lowest BCUT2D eigenvalue weighted by molar-refractivity contribution is -0.119. The van der Waals surface area contributed by atoms with Gasteiger partial charge in [-0.1, -0.05) is 12.1 Å². The smallest absolute Gasteiger partial charge is 0.251 e. The van der Waals surface area contributed by atoms with Crippen LogP contribution in [0, 0.1) is 0 Å². The number of carbonyl (C=O) groups excluding carboxylic acids is 2. The van der Waals surface area contributed by atoms with E-state index in [2.05, 4.69) is 5.32 Å².